The Bertz CT molecular complexity index is 429. The van der Waals surface area contributed by atoms with Gasteiger partial charge in [0.2, 0.25) is 0 Å². The van der Waals surface area contributed by atoms with Gasteiger partial charge in [0, 0.05) is 11.6 Å². The number of benzene rings is 1. The number of nitrogens with two attached hydrogens (primary N) is 1. The van der Waals surface area contributed by atoms with Crippen molar-refractivity contribution >= 4 is 5.97 Å². The Morgan fingerprint density at radius 1 is 1.37 bits per heavy atom. The Hall–Kier alpha value is -1.55. The van der Waals surface area contributed by atoms with Crippen LogP contribution in [0, 0.1) is 6.92 Å². The molecule has 4 heteroatoms. The van der Waals surface area contributed by atoms with E-state index in [2.05, 4.69) is 0 Å². The molecule has 0 aromatic heterocycles. The van der Waals surface area contributed by atoms with Crippen LogP contribution in [0.25, 0.3) is 0 Å². The van der Waals surface area contributed by atoms with Gasteiger partial charge in [0.1, 0.15) is 5.75 Å². The number of ether oxygens (including phenoxy) is 2. The van der Waals surface area contributed by atoms with Crippen LogP contribution in [0.5, 0.6) is 5.75 Å². The van der Waals surface area contributed by atoms with Crippen molar-refractivity contribution in [3.63, 3.8) is 0 Å². The minimum absolute atomic E-state index is 0.143. The highest BCUT2D eigenvalue weighted by Crippen LogP contribution is 2.26. The molecule has 0 fully saturated rings. The summed E-state index contributed by atoms with van der Waals surface area (Å²) < 4.78 is 10.8. The second kappa shape index (κ2) is 7.14. The maximum absolute atomic E-state index is 11.8. The molecule has 0 spiro atoms. The fourth-order valence-electron chi connectivity index (χ4n) is 1.81. The van der Waals surface area contributed by atoms with Crippen molar-refractivity contribution in [2.45, 2.75) is 46.3 Å². The molecule has 0 aliphatic heterocycles. The quantitative estimate of drug-likeness (QED) is 0.803. The first-order chi connectivity index (χ1) is 8.99. The van der Waals surface area contributed by atoms with Gasteiger partial charge in [-0.25, -0.2) is 4.79 Å². The molecular formula is C15H23NO3. The summed E-state index contributed by atoms with van der Waals surface area (Å²) in [5, 5.41) is 0. The lowest BCUT2D eigenvalue weighted by atomic mass is 10.1. The van der Waals surface area contributed by atoms with Crippen molar-refractivity contribution in [3.05, 3.63) is 29.3 Å². The van der Waals surface area contributed by atoms with E-state index >= 15 is 0 Å². The minimum Gasteiger partial charge on any atom is -0.478 e. The summed E-state index contributed by atoms with van der Waals surface area (Å²) in [7, 11) is 0. The Labute approximate surface area is 114 Å². The van der Waals surface area contributed by atoms with E-state index in [4.69, 9.17) is 15.2 Å². The van der Waals surface area contributed by atoms with E-state index in [0.717, 1.165) is 11.1 Å². The Morgan fingerprint density at radius 2 is 2.05 bits per heavy atom. The summed E-state index contributed by atoms with van der Waals surface area (Å²) in [4.78, 5) is 11.8. The number of carbonyl (C=O) groups is 1. The number of hydrogen-bond acceptors (Lipinski definition) is 4. The van der Waals surface area contributed by atoms with Crippen molar-refractivity contribution in [2.24, 2.45) is 5.73 Å². The first kappa shape index (κ1) is 15.5. The zero-order valence-corrected chi connectivity index (χ0v) is 12.1. The lowest BCUT2D eigenvalue weighted by Crippen LogP contribution is -2.29. The van der Waals surface area contributed by atoms with Crippen molar-refractivity contribution in [2.75, 3.05) is 6.61 Å². The van der Waals surface area contributed by atoms with Crippen molar-refractivity contribution in [3.8, 4) is 5.75 Å². The maximum Gasteiger partial charge on any atom is 0.347 e. The van der Waals surface area contributed by atoms with Gasteiger partial charge < -0.3 is 15.2 Å². The molecule has 0 aliphatic carbocycles. The lowest BCUT2D eigenvalue weighted by molar-refractivity contribution is -0.151. The van der Waals surface area contributed by atoms with Gasteiger partial charge in [0.05, 0.1) is 6.61 Å². The third-order valence-electron chi connectivity index (χ3n) is 2.85. The molecular weight excluding hydrogens is 242 g/mol. The molecule has 0 bridgehead atoms. The van der Waals surface area contributed by atoms with E-state index in [1.807, 2.05) is 39.0 Å². The van der Waals surface area contributed by atoms with Gasteiger partial charge in [-0.1, -0.05) is 19.1 Å². The standard InChI is InChI=1S/C15H23NO3/c1-5-13(15(17)18-6-2)19-14-9-10(3)7-8-12(14)11(4)16/h7-9,11,13H,5-6,16H2,1-4H3. The summed E-state index contributed by atoms with van der Waals surface area (Å²) in [6, 6.07) is 5.68. The third kappa shape index (κ3) is 4.24. The normalized spacial score (nSPS) is 13.7. The summed E-state index contributed by atoms with van der Waals surface area (Å²) in [5.74, 6) is 0.331. The van der Waals surface area contributed by atoms with Crippen molar-refractivity contribution in [1.29, 1.82) is 0 Å². The van der Waals surface area contributed by atoms with Gasteiger partial charge in [-0.2, -0.15) is 0 Å². The van der Waals surface area contributed by atoms with Crippen LogP contribution in [0.3, 0.4) is 0 Å². The molecule has 4 nitrogen and oxygen atoms in total. The van der Waals surface area contributed by atoms with Gasteiger partial charge in [0.15, 0.2) is 6.10 Å². The molecule has 0 heterocycles. The zero-order chi connectivity index (χ0) is 14.4. The number of esters is 1. The SMILES string of the molecule is CCOC(=O)C(CC)Oc1cc(C)ccc1C(C)N. The van der Waals surface area contributed by atoms with E-state index in [0.29, 0.717) is 18.8 Å². The smallest absolute Gasteiger partial charge is 0.347 e. The van der Waals surface area contributed by atoms with Gasteiger partial charge in [-0.15, -0.1) is 0 Å². The Kier molecular flexibility index (Phi) is 5.83. The Morgan fingerprint density at radius 3 is 2.58 bits per heavy atom. The zero-order valence-electron chi connectivity index (χ0n) is 12.1. The number of aryl methyl sites for hydroxylation is 1. The molecule has 2 unspecified atom stereocenters. The molecule has 1 aromatic rings. The predicted octanol–water partition coefficient (Wildman–Crippen LogP) is 2.74. The molecule has 1 aromatic carbocycles. The largest absolute Gasteiger partial charge is 0.478 e. The second-order valence-electron chi connectivity index (χ2n) is 4.60. The van der Waals surface area contributed by atoms with Crippen LogP contribution < -0.4 is 10.5 Å². The third-order valence-corrected chi connectivity index (χ3v) is 2.85. The van der Waals surface area contributed by atoms with Crippen LogP contribution in [0.15, 0.2) is 18.2 Å². The molecule has 0 radical (unpaired) electrons. The van der Waals surface area contributed by atoms with Crippen molar-refractivity contribution < 1.29 is 14.3 Å². The molecule has 0 saturated heterocycles. The first-order valence-electron chi connectivity index (χ1n) is 6.69. The molecule has 2 atom stereocenters. The molecule has 2 N–H and O–H groups in total. The van der Waals surface area contributed by atoms with Gasteiger partial charge in [-0.3, -0.25) is 0 Å². The van der Waals surface area contributed by atoms with E-state index in [1.54, 1.807) is 6.92 Å². The predicted molar refractivity (Wildman–Crippen MR) is 75.1 cm³/mol. The fraction of sp³-hybridized carbons (Fsp3) is 0.533. The van der Waals surface area contributed by atoms with Crippen LogP contribution >= 0.6 is 0 Å². The average molecular weight is 265 g/mol. The summed E-state index contributed by atoms with van der Waals surface area (Å²) in [6.45, 7) is 7.90. The number of carbonyl (C=O) groups excluding carboxylic acids is 1. The molecule has 0 amide bonds. The van der Waals surface area contributed by atoms with Crippen LogP contribution in [0.1, 0.15) is 44.4 Å². The van der Waals surface area contributed by atoms with Crippen LogP contribution in [-0.2, 0) is 9.53 Å². The highest BCUT2D eigenvalue weighted by molar-refractivity contribution is 5.75. The molecule has 19 heavy (non-hydrogen) atoms. The minimum atomic E-state index is -0.584. The van der Waals surface area contributed by atoms with E-state index in [-0.39, 0.29) is 12.0 Å². The number of hydrogen-bond donors (Lipinski definition) is 1. The maximum atomic E-state index is 11.8. The lowest BCUT2D eigenvalue weighted by Gasteiger charge is -2.20. The van der Waals surface area contributed by atoms with Gasteiger partial charge >= 0.3 is 5.97 Å². The van der Waals surface area contributed by atoms with Crippen LogP contribution in [-0.4, -0.2) is 18.7 Å². The number of rotatable bonds is 6. The average Bonchev–Trinajstić information content (AvgIpc) is 2.35. The van der Waals surface area contributed by atoms with Gasteiger partial charge in [0.25, 0.3) is 0 Å². The molecule has 106 valence electrons. The fourth-order valence-corrected chi connectivity index (χ4v) is 1.81. The molecule has 0 saturated carbocycles. The Balaban J connectivity index is 2.95. The highest BCUT2D eigenvalue weighted by atomic mass is 16.6. The monoisotopic (exact) mass is 265 g/mol. The van der Waals surface area contributed by atoms with Gasteiger partial charge in [-0.05, 0) is 38.8 Å². The summed E-state index contributed by atoms with van der Waals surface area (Å²) in [5.41, 5.74) is 7.88. The topological polar surface area (TPSA) is 61.5 Å². The first-order valence-corrected chi connectivity index (χ1v) is 6.69. The van der Waals surface area contributed by atoms with E-state index in [1.165, 1.54) is 0 Å². The second-order valence-corrected chi connectivity index (χ2v) is 4.60. The summed E-state index contributed by atoms with van der Waals surface area (Å²) in [6.07, 6.45) is -0.0233. The van der Waals surface area contributed by atoms with Crippen molar-refractivity contribution in [1.82, 2.24) is 0 Å². The van der Waals surface area contributed by atoms with Crippen LogP contribution in [0.2, 0.25) is 0 Å². The molecule has 1 rings (SSSR count). The van der Waals surface area contributed by atoms with Crippen LogP contribution in [0.4, 0.5) is 0 Å². The van der Waals surface area contributed by atoms with E-state index < -0.39 is 6.10 Å². The summed E-state index contributed by atoms with van der Waals surface area (Å²) >= 11 is 0. The molecule has 0 aliphatic rings. The van der Waals surface area contributed by atoms with E-state index in [9.17, 15) is 4.79 Å². The highest BCUT2D eigenvalue weighted by Gasteiger charge is 2.21.